The van der Waals surface area contributed by atoms with Gasteiger partial charge in [-0.1, -0.05) is 108 Å². The molecular formula is C41H29Cl2N3O2. The van der Waals surface area contributed by atoms with Crippen molar-refractivity contribution in [2.45, 2.75) is 0 Å². The fraction of sp³-hybridized carbons (Fsp3) is 0. The molecule has 1 heterocycles. The summed E-state index contributed by atoms with van der Waals surface area (Å²) in [7, 11) is 0. The molecule has 234 valence electrons. The molecule has 5 nitrogen and oxygen atoms in total. The second kappa shape index (κ2) is 14.3. The van der Waals surface area contributed by atoms with Gasteiger partial charge in [0.1, 0.15) is 27.3 Å². The number of hydrogen-bond acceptors (Lipinski definition) is 5. The highest BCUT2D eigenvalue weighted by Crippen LogP contribution is 2.45. The van der Waals surface area contributed by atoms with Crippen LogP contribution in [0.15, 0.2) is 176 Å². The Morgan fingerprint density at radius 1 is 0.396 bits per heavy atom. The molecule has 1 aromatic heterocycles. The van der Waals surface area contributed by atoms with Gasteiger partial charge in [0.2, 0.25) is 5.88 Å². The Labute approximate surface area is 289 Å². The molecular weight excluding hydrogens is 637 g/mol. The molecule has 0 fully saturated rings. The maximum Gasteiger partial charge on any atom is 0.219 e. The molecule has 0 unspecified atom stereocenters. The third-order valence-electron chi connectivity index (χ3n) is 7.58. The molecule has 0 aliphatic rings. The van der Waals surface area contributed by atoms with Gasteiger partial charge in [0.25, 0.3) is 0 Å². The smallest absolute Gasteiger partial charge is 0.219 e. The number of anilines is 6. The van der Waals surface area contributed by atoms with E-state index in [2.05, 4.69) is 14.8 Å². The molecule has 7 aromatic rings. The number of para-hydroxylation sites is 4. The average Bonchev–Trinajstić information content (AvgIpc) is 3.14. The summed E-state index contributed by atoms with van der Waals surface area (Å²) in [5.41, 5.74) is 5.46. The van der Waals surface area contributed by atoms with Crippen LogP contribution in [0.3, 0.4) is 0 Å². The van der Waals surface area contributed by atoms with Gasteiger partial charge in [-0.15, -0.1) is 0 Å². The number of halogens is 2. The summed E-state index contributed by atoms with van der Waals surface area (Å²) in [4.78, 5) is 8.70. The number of benzene rings is 6. The van der Waals surface area contributed by atoms with Gasteiger partial charge in [0.15, 0.2) is 0 Å². The zero-order valence-electron chi connectivity index (χ0n) is 25.7. The number of ether oxygens (including phenoxy) is 2. The van der Waals surface area contributed by atoms with Crippen molar-refractivity contribution in [3.05, 3.63) is 186 Å². The predicted octanol–water partition coefficient (Wildman–Crippen LogP) is 12.9. The third-order valence-corrected chi connectivity index (χ3v) is 8.34. The van der Waals surface area contributed by atoms with Crippen molar-refractivity contribution in [2.75, 3.05) is 9.80 Å². The van der Waals surface area contributed by atoms with Crippen molar-refractivity contribution < 1.29 is 9.47 Å². The molecule has 0 aliphatic carbocycles. The lowest BCUT2D eigenvalue weighted by molar-refractivity contribution is 0.451. The summed E-state index contributed by atoms with van der Waals surface area (Å²) in [6.07, 6.45) is 1.60. The van der Waals surface area contributed by atoms with Crippen LogP contribution in [0.1, 0.15) is 0 Å². The van der Waals surface area contributed by atoms with Gasteiger partial charge in [0, 0.05) is 28.8 Å². The molecule has 7 heteroatoms. The van der Waals surface area contributed by atoms with E-state index < -0.39 is 0 Å². The van der Waals surface area contributed by atoms with Gasteiger partial charge in [-0.2, -0.15) is 0 Å². The SMILES string of the molecule is Clc1c(Oc2ccc(Oc3cccc(N(c4ccccc4)c4ccccc4)c3Cl)nc2)cccc1N(c1ccccc1)c1ccccc1. The van der Waals surface area contributed by atoms with Crippen LogP contribution in [0.5, 0.6) is 23.1 Å². The lowest BCUT2D eigenvalue weighted by atomic mass is 10.2. The number of hydrogen-bond donors (Lipinski definition) is 0. The van der Waals surface area contributed by atoms with Crippen LogP contribution in [0.4, 0.5) is 34.1 Å². The van der Waals surface area contributed by atoms with Gasteiger partial charge >= 0.3 is 0 Å². The Balaban J connectivity index is 1.13. The molecule has 7 rings (SSSR count). The first kappa shape index (κ1) is 30.9. The first-order chi connectivity index (χ1) is 23.7. The number of nitrogens with zero attached hydrogens (tertiary/aromatic N) is 3. The zero-order chi connectivity index (χ0) is 32.7. The minimum Gasteiger partial charge on any atom is -0.454 e. The topological polar surface area (TPSA) is 37.8 Å². The summed E-state index contributed by atoms with van der Waals surface area (Å²) in [6, 6.07) is 55.2. The quantitative estimate of drug-likeness (QED) is 0.145. The molecule has 48 heavy (non-hydrogen) atoms. The Bertz CT molecular complexity index is 1870. The van der Waals surface area contributed by atoms with E-state index in [4.69, 9.17) is 32.7 Å². The number of aromatic nitrogens is 1. The molecule has 0 aliphatic heterocycles. The second-order valence-corrected chi connectivity index (χ2v) is 11.5. The van der Waals surface area contributed by atoms with Crippen LogP contribution in [-0.4, -0.2) is 4.98 Å². The number of rotatable bonds is 10. The van der Waals surface area contributed by atoms with Gasteiger partial charge < -0.3 is 19.3 Å². The lowest BCUT2D eigenvalue weighted by Crippen LogP contribution is -2.10. The van der Waals surface area contributed by atoms with Crippen molar-refractivity contribution in [3.8, 4) is 23.1 Å². The van der Waals surface area contributed by atoms with E-state index in [1.54, 1.807) is 18.3 Å². The Morgan fingerprint density at radius 3 is 1.17 bits per heavy atom. The first-order valence-electron chi connectivity index (χ1n) is 15.3. The van der Waals surface area contributed by atoms with E-state index in [-0.39, 0.29) is 0 Å². The highest BCUT2D eigenvalue weighted by atomic mass is 35.5. The lowest BCUT2D eigenvalue weighted by Gasteiger charge is -2.27. The molecule has 0 saturated carbocycles. The first-order valence-corrected chi connectivity index (χ1v) is 16.1. The van der Waals surface area contributed by atoms with Crippen LogP contribution >= 0.6 is 23.2 Å². The summed E-state index contributed by atoms with van der Waals surface area (Å²) >= 11 is 14.0. The Hall–Kier alpha value is -5.75. The summed E-state index contributed by atoms with van der Waals surface area (Å²) in [5, 5.41) is 0.924. The fourth-order valence-electron chi connectivity index (χ4n) is 5.39. The van der Waals surface area contributed by atoms with E-state index in [9.17, 15) is 0 Å². The maximum atomic E-state index is 7.01. The van der Waals surface area contributed by atoms with Crippen molar-refractivity contribution >= 4 is 57.3 Å². The second-order valence-electron chi connectivity index (χ2n) is 10.7. The van der Waals surface area contributed by atoms with Gasteiger partial charge in [-0.05, 0) is 78.9 Å². The molecule has 0 bridgehead atoms. The highest BCUT2D eigenvalue weighted by Gasteiger charge is 2.20. The van der Waals surface area contributed by atoms with Crippen molar-refractivity contribution in [2.24, 2.45) is 0 Å². The van der Waals surface area contributed by atoms with E-state index in [1.807, 2.05) is 158 Å². The van der Waals surface area contributed by atoms with Crippen LogP contribution in [0, 0.1) is 0 Å². The van der Waals surface area contributed by atoms with Crippen LogP contribution in [-0.2, 0) is 0 Å². The monoisotopic (exact) mass is 665 g/mol. The largest absolute Gasteiger partial charge is 0.454 e. The van der Waals surface area contributed by atoms with Crippen molar-refractivity contribution in [3.63, 3.8) is 0 Å². The van der Waals surface area contributed by atoms with E-state index in [1.165, 1.54) is 0 Å². The molecule has 6 aromatic carbocycles. The predicted molar refractivity (Wildman–Crippen MR) is 197 cm³/mol. The fourth-order valence-corrected chi connectivity index (χ4v) is 5.89. The molecule has 0 spiro atoms. The average molecular weight is 667 g/mol. The summed E-state index contributed by atoms with van der Waals surface area (Å²) in [6.45, 7) is 0. The third kappa shape index (κ3) is 6.69. The van der Waals surface area contributed by atoms with Crippen molar-refractivity contribution in [1.29, 1.82) is 0 Å². The van der Waals surface area contributed by atoms with Crippen LogP contribution < -0.4 is 19.3 Å². The molecule has 0 amide bonds. The summed E-state index contributed by atoms with van der Waals surface area (Å²) in [5.74, 6) is 1.85. The normalized spacial score (nSPS) is 10.7. The van der Waals surface area contributed by atoms with E-state index in [0.717, 1.165) is 34.1 Å². The Kier molecular flexibility index (Phi) is 9.23. The van der Waals surface area contributed by atoms with Gasteiger partial charge in [0.05, 0.1) is 17.6 Å². The highest BCUT2D eigenvalue weighted by molar-refractivity contribution is 6.35. The van der Waals surface area contributed by atoms with E-state index in [0.29, 0.717) is 33.2 Å². The molecule has 0 N–H and O–H groups in total. The Morgan fingerprint density at radius 2 is 0.792 bits per heavy atom. The van der Waals surface area contributed by atoms with Crippen LogP contribution in [0.2, 0.25) is 10.0 Å². The minimum absolute atomic E-state index is 0.367. The summed E-state index contributed by atoms with van der Waals surface area (Å²) < 4.78 is 12.4. The maximum absolute atomic E-state index is 7.01. The van der Waals surface area contributed by atoms with Gasteiger partial charge in [-0.25, -0.2) is 4.98 Å². The van der Waals surface area contributed by atoms with Gasteiger partial charge in [-0.3, -0.25) is 0 Å². The zero-order valence-corrected chi connectivity index (χ0v) is 27.2. The van der Waals surface area contributed by atoms with E-state index >= 15 is 0 Å². The number of pyridine rings is 1. The molecule has 0 radical (unpaired) electrons. The molecule has 0 atom stereocenters. The standard InChI is InChI=1S/C41H29Cl2N3O2/c42-40-35(45(30-15-5-1-6-16-30)31-17-7-2-8-18-31)23-13-25-37(40)47-34-27-28-39(44-29-34)48-38-26-14-24-36(41(38)43)46(32-19-9-3-10-20-32)33-21-11-4-12-22-33/h1-29H. The molecule has 0 saturated heterocycles. The minimum atomic E-state index is 0.367. The van der Waals surface area contributed by atoms with Crippen molar-refractivity contribution in [1.82, 2.24) is 4.98 Å². The van der Waals surface area contributed by atoms with Crippen LogP contribution in [0.25, 0.3) is 0 Å².